The van der Waals surface area contributed by atoms with E-state index in [2.05, 4.69) is 17.6 Å². The van der Waals surface area contributed by atoms with Crippen LogP contribution in [0.25, 0.3) is 0 Å². The molecule has 5 nitrogen and oxygen atoms in total. The van der Waals surface area contributed by atoms with Gasteiger partial charge in [-0.3, -0.25) is 9.59 Å². The van der Waals surface area contributed by atoms with Crippen molar-refractivity contribution < 1.29 is 14.3 Å². The van der Waals surface area contributed by atoms with Crippen molar-refractivity contribution in [2.24, 2.45) is 0 Å². The highest BCUT2D eigenvalue weighted by Crippen LogP contribution is 2.15. The van der Waals surface area contributed by atoms with E-state index in [1.54, 1.807) is 55.6 Å². The molecule has 0 radical (unpaired) electrons. The monoisotopic (exact) mass is 340 g/mol. The first-order valence-corrected chi connectivity index (χ1v) is 8.50. The lowest BCUT2D eigenvalue weighted by Gasteiger charge is -2.08. The quantitative estimate of drug-likeness (QED) is 0.717. The van der Waals surface area contributed by atoms with Gasteiger partial charge in [-0.05, 0) is 55.0 Å². The second-order valence-electron chi connectivity index (χ2n) is 5.69. The minimum absolute atomic E-state index is 0.160. The van der Waals surface area contributed by atoms with E-state index in [1.165, 1.54) is 0 Å². The fourth-order valence-electron chi connectivity index (χ4n) is 2.30. The van der Waals surface area contributed by atoms with Gasteiger partial charge in [0.15, 0.2) is 0 Å². The zero-order valence-electron chi connectivity index (χ0n) is 14.7. The zero-order valence-corrected chi connectivity index (χ0v) is 14.7. The van der Waals surface area contributed by atoms with Gasteiger partial charge < -0.3 is 15.4 Å². The second-order valence-corrected chi connectivity index (χ2v) is 5.69. The van der Waals surface area contributed by atoms with Crippen molar-refractivity contribution in [2.45, 2.75) is 26.2 Å². The molecule has 2 N–H and O–H groups in total. The predicted octanol–water partition coefficient (Wildman–Crippen LogP) is 3.87. The van der Waals surface area contributed by atoms with E-state index in [0.29, 0.717) is 23.4 Å². The summed E-state index contributed by atoms with van der Waals surface area (Å²) < 4.78 is 5.64. The van der Waals surface area contributed by atoms with Crippen LogP contribution in [0, 0.1) is 0 Å². The topological polar surface area (TPSA) is 67.4 Å². The van der Waals surface area contributed by atoms with Crippen molar-refractivity contribution in [2.75, 3.05) is 19.0 Å². The number of carbonyl (C=O) groups is 2. The van der Waals surface area contributed by atoms with Crippen molar-refractivity contribution in [3.63, 3.8) is 0 Å². The summed E-state index contributed by atoms with van der Waals surface area (Å²) in [6.07, 6.45) is 3.34. The standard InChI is InChI=1S/C20H24N2O3/c1-3-4-5-14-25-18-12-8-16(9-13-18)20(24)22-17-10-6-15(7-11-17)19(23)21-2/h6-13H,3-5,14H2,1-2H3,(H,21,23)(H,22,24). The van der Waals surface area contributed by atoms with E-state index >= 15 is 0 Å². The molecule has 0 aliphatic rings. The van der Waals surface area contributed by atoms with E-state index in [0.717, 1.165) is 25.0 Å². The average molecular weight is 340 g/mol. The normalized spacial score (nSPS) is 10.2. The molecule has 0 saturated heterocycles. The Hall–Kier alpha value is -2.82. The van der Waals surface area contributed by atoms with Crippen molar-refractivity contribution in [3.05, 3.63) is 59.7 Å². The number of benzene rings is 2. The Morgan fingerprint density at radius 1 is 0.880 bits per heavy atom. The van der Waals surface area contributed by atoms with Crippen LogP contribution < -0.4 is 15.4 Å². The third kappa shape index (κ3) is 5.64. The van der Waals surface area contributed by atoms with Crippen molar-refractivity contribution in [1.29, 1.82) is 0 Å². The molecule has 2 aromatic carbocycles. The molecule has 5 heteroatoms. The summed E-state index contributed by atoms with van der Waals surface area (Å²) in [6.45, 7) is 2.84. The molecular formula is C20H24N2O3. The Balaban J connectivity index is 1.91. The van der Waals surface area contributed by atoms with E-state index in [1.807, 2.05) is 0 Å². The maximum absolute atomic E-state index is 12.3. The van der Waals surface area contributed by atoms with Gasteiger partial charge in [0.05, 0.1) is 6.61 Å². The first-order valence-electron chi connectivity index (χ1n) is 8.50. The van der Waals surface area contributed by atoms with Gasteiger partial charge >= 0.3 is 0 Å². The molecule has 0 bridgehead atoms. The van der Waals surface area contributed by atoms with Gasteiger partial charge in [-0.1, -0.05) is 19.8 Å². The van der Waals surface area contributed by atoms with Gasteiger partial charge in [-0.25, -0.2) is 0 Å². The zero-order chi connectivity index (χ0) is 18.1. The summed E-state index contributed by atoms with van der Waals surface area (Å²) in [5.41, 5.74) is 1.74. The van der Waals surface area contributed by atoms with Crippen LogP contribution in [-0.2, 0) is 0 Å². The first-order chi connectivity index (χ1) is 12.1. The number of hydrogen-bond donors (Lipinski definition) is 2. The molecule has 2 aromatic rings. The van der Waals surface area contributed by atoms with Gasteiger partial charge in [-0.2, -0.15) is 0 Å². The highest BCUT2D eigenvalue weighted by molar-refractivity contribution is 6.04. The highest BCUT2D eigenvalue weighted by Gasteiger charge is 2.08. The van der Waals surface area contributed by atoms with Crippen LogP contribution >= 0.6 is 0 Å². The van der Waals surface area contributed by atoms with E-state index in [-0.39, 0.29) is 11.8 Å². The van der Waals surface area contributed by atoms with Crippen LogP contribution in [0.3, 0.4) is 0 Å². The molecule has 0 aliphatic carbocycles. The number of amides is 2. The van der Waals surface area contributed by atoms with Gasteiger partial charge in [0, 0.05) is 23.9 Å². The Bertz CT molecular complexity index is 694. The minimum atomic E-state index is -0.203. The van der Waals surface area contributed by atoms with Crippen molar-refractivity contribution in [1.82, 2.24) is 5.32 Å². The van der Waals surface area contributed by atoms with Crippen LogP contribution in [0.2, 0.25) is 0 Å². The van der Waals surface area contributed by atoms with Crippen LogP contribution in [0.5, 0.6) is 5.75 Å². The van der Waals surface area contributed by atoms with Gasteiger partial charge in [-0.15, -0.1) is 0 Å². The Morgan fingerprint density at radius 2 is 1.48 bits per heavy atom. The molecule has 0 saturated carbocycles. The molecule has 0 unspecified atom stereocenters. The molecule has 0 aromatic heterocycles. The smallest absolute Gasteiger partial charge is 0.255 e. The summed E-state index contributed by atoms with van der Waals surface area (Å²) in [6, 6.07) is 13.8. The predicted molar refractivity (Wildman–Crippen MR) is 99.2 cm³/mol. The van der Waals surface area contributed by atoms with E-state index in [9.17, 15) is 9.59 Å². The van der Waals surface area contributed by atoms with Crippen molar-refractivity contribution in [3.8, 4) is 5.75 Å². The Labute approximate surface area is 148 Å². The maximum atomic E-state index is 12.3. The average Bonchev–Trinajstić information content (AvgIpc) is 2.65. The SMILES string of the molecule is CCCCCOc1ccc(C(=O)Nc2ccc(C(=O)NC)cc2)cc1. The second kappa shape index (κ2) is 9.47. The van der Waals surface area contributed by atoms with Crippen LogP contribution in [0.4, 0.5) is 5.69 Å². The third-order valence-corrected chi connectivity index (χ3v) is 3.77. The van der Waals surface area contributed by atoms with Crippen molar-refractivity contribution >= 4 is 17.5 Å². The lowest BCUT2D eigenvalue weighted by molar-refractivity contribution is 0.0962. The van der Waals surface area contributed by atoms with Gasteiger partial charge in [0.1, 0.15) is 5.75 Å². The summed E-state index contributed by atoms with van der Waals surface area (Å²) in [5.74, 6) is 0.403. The molecule has 25 heavy (non-hydrogen) atoms. The summed E-state index contributed by atoms with van der Waals surface area (Å²) in [4.78, 5) is 23.8. The Kier molecular flexibility index (Phi) is 7.01. The lowest BCUT2D eigenvalue weighted by atomic mass is 10.1. The van der Waals surface area contributed by atoms with E-state index < -0.39 is 0 Å². The number of unbranched alkanes of at least 4 members (excludes halogenated alkanes) is 2. The summed E-state index contributed by atoms with van der Waals surface area (Å²) in [7, 11) is 1.58. The number of nitrogens with one attached hydrogen (secondary N) is 2. The lowest BCUT2D eigenvalue weighted by Crippen LogP contribution is -2.17. The van der Waals surface area contributed by atoms with Crippen LogP contribution in [0.1, 0.15) is 46.9 Å². The number of anilines is 1. The summed E-state index contributed by atoms with van der Waals surface area (Å²) >= 11 is 0. The molecule has 132 valence electrons. The van der Waals surface area contributed by atoms with Gasteiger partial charge in [0.2, 0.25) is 0 Å². The third-order valence-electron chi connectivity index (χ3n) is 3.77. The number of ether oxygens (including phenoxy) is 1. The number of carbonyl (C=O) groups excluding carboxylic acids is 2. The minimum Gasteiger partial charge on any atom is -0.494 e. The molecule has 2 amide bonds. The first kappa shape index (κ1) is 18.5. The molecule has 2 rings (SSSR count). The molecule has 0 fully saturated rings. The largest absolute Gasteiger partial charge is 0.494 e. The Morgan fingerprint density at radius 3 is 2.08 bits per heavy atom. The fraction of sp³-hybridized carbons (Fsp3) is 0.300. The highest BCUT2D eigenvalue weighted by atomic mass is 16.5. The fourth-order valence-corrected chi connectivity index (χ4v) is 2.30. The van der Waals surface area contributed by atoms with Crippen LogP contribution in [0.15, 0.2) is 48.5 Å². The summed E-state index contributed by atoms with van der Waals surface area (Å²) in [5, 5.41) is 5.37. The molecule has 0 atom stereocenters. The number of hydrogen-bond acceptors (Lipinski definition) is 3. The molecular weight excluding hydrogens is 316 g/mol. The maximum Gasteiger partial charge on any atom is 0.255 e. The molecule has 0 aliphatic heterocycles. The number of rotatable bonds is 8. The van der Waals surface area contributed by atoms with Gasteiger partial charge in [0.25, 0.3) is 11.8 Å². The molecule has 0 heterocycles. The van der Waals surface area contributed by atoms with Crippen LogP contribution in [-0.4, -0.2) is 25.5 Å². The van der Waals surface area contributed by atoms with E-state index in [4.69, 9.17) is 4.74 Å². The molecule has 0 spiro atoms.